The Kier molecular flexibility index (Phi) is 9.50. The van der Waals surface area contributed by atoms with Gasteiger partial charge in [0.2, 0.25) is 0 Å². The number of thiophene rings is 1. The molecular formula is C28H39BrN2O4S. The summed E-state index contributed by atoms with van der Waals surface area (Å²) in [4.78, 5) is 28.8. The van der Waals surface area contributed by atoms with Gasteiger partial charge in [0, 0.05) is 39.3 Å². The van der Waals surface area contributed by atoms with Gasteiger partial charge in [0.05, 0.1) is 0 Å². The fourth-order valence-corrected chi connectivity index (χ4v) is 6.02. The first-order valence-electron chi connectivity index (χ1n) is 12.6. The number of carbonyl (C=O) groups is 2. The van der Waals surface area contributed by atoms with Crippen molar-refractivity contribution in [3.05, 3.63) is 56.7 Å². The number of benzene rings is 1. The van der Waals surface area contributed by atoms with Crippen LogP contribution < -0.4 is 5.32 Å². The predicted molar refractivity (Wildman–Crippen MR) is 149 cm³/mol. The molecule has 1 aromatic carbocycles. The Morgan fingerprint density at radius 2 is 1.64 bits per heavy atom. The third-order valence-electron chi connectivity index (χ3n) is 6.00. The Balaban J connectivity index is 1.78. The minimum Gasteiger partial charge on any atom is -0.444 e. The summed E-state index contributed by atoms with van der Waals surface area (Å²) in [7, 11) is 0. The van der Waals surface area contributed by atoms with Gasteiger partial charge in [0.1, 0.15) is 11.2 Å². The molecule has 1 atom stereocenters. The van der Waals surface area contributed by atoms with Crippen molar-refractivity contribution in [2.24, 2.45) is 0 Å². The number of halogens is 1. The van der Waals surface area contributed by atoms with E-state index < -0.39 is 11.2 Å². The standard InChI is InChI=1S/C28H39BrN2O4S/c1-27(2,3)34-25(32)30-21-12-14-22(15-13-21)31(26(33)35-28(4,5)6)17-23(19-10-8-7-9-11-19)24-16-20(29)18-36-24/h7-11,16,18,21-23H,12-15,17H2,1-6H3,(H,30,32). The molecule has 2 aromatic rings. The summed E-state index contributed by atoms with van der Waals surface area (Å²) < 4.78 is 12.3. The van der Waals surface area contributed by atoms with Crippen LogP contribution in [0.25, 0.3) is 0 Å². The van der Waals surface area contributed by atoms with Crippen molar-refractivity contribution in [1.29, 1.82) is 0 Å². The zero-order valence-electron chi connectivity index (χ0n) is 22.2. The first kappa shape index (κ1) is 28.5. The highest BCUT2D eigenvalue weighted by Gasteiger charge is 2.35. The Morgan fingerprint density at radius 3 is 2.17 bits per heavy atom. The molecule has 0 radical (unpaired) electrons. The maximum atomic E-state index is 13.5. The van der Waals surface area contributed by atoms with Crippen LogP contribution >= 0.6 is 27.3 Å². The van der Waals surface area contributed by atoms with E-state index in [0.717, 1.165) is 30.2 Å². The molecule has 0 saturated heterocycles. The maximum absolute atomic E-state index is 13.5. The first-order chi connectivity index (χ1) is 16.8. The summed E-state index contributed by atoms with van der Waals surface area (Å²) in [5.41, 5.74) is 0.0533. The SMILES string of the molecule is CC(C)(C)OC(=O)NC1CCC(N(CC(c2ccccc2)c2cc(Br)cs2)C(=O)OC(C)(C)C)CC1. The number of amides is 2. The molecule has 8 heteroatoms. The van der Waals surface area contributed by atoms with Crippen molar-refractivity contribution in [2.45, 2.75) is 96.4 Å². The summed E-state index contributed by atoms with van der Waals surface area (Å²) in [6.07, 6.45) is 2.46. The molecule has 1 saturated carbocycles. The lowest BCUT2D eigenvalue weighted by Gasteiger charge is -2.39. The Morgan fingerprint density at radius 1 is 1.03 bits per heavy atom. The number of alkyl carbamates (subject to hydrolysis) is 1. The van der Waals surface area contributed by atoms with Crippen LogP contribution in [-0.2, 0) is 9.47 Å². The van der Waals surface area contributed by atoms with Crippen LogP contribution in [0.15, 0.2) is 46.3 Å². The number of rotatable bonds is 6. The van der Waals surface area contributed by atoms with Crippen LogP contribution in [0.5, 0.6) is 0 Å². The van der Waals surface area contributed by atoms with Crippen molar-refractivity contribution in [3.8, 4) is 0 Å². The van der Waals surface area contributed by atoms with Gasteiger partial charge in [-0.25, -0.2) is 9.59 Å². The van der Waals surface area contributed by atoms with E-state index in [4.69, 9.17) is 9.47 Å². The smallest absolute Gasteiger partial charge is 0.410 e. The van der Waals surface area contributed by atoms with Crippen molar-refractivity contribution >= 4 is 39.5 Å². The molecule has 1 heterocycles. The number of hydrogen-bond donors (Lipinski definition) is 1. The second-order valence-electron chi connectivity index (χ2n) is 11.4. The van der Waals surface area contributed by atoms with Gasteiger partial charge in [-0.2, -0.15) is 0 Å². The van der Waals surface area contributed by atoms with Gasteiger partial charge < -0.3 is 19.7 Å². The zero-order valence-corrected chi connectivity index (χ0v) is 24.6. The fourth-order valence-electron chi connectivity index (χ4n) is 4.45. The van der Waals surface area contributed by atoms with E-state index in [1.54, 1.807) is 11.3 Å². The van der Waals surface area contributed by atoms with Gasteiger partial charge in [0.25, 0.3) is 0 Å². The van der Waals surface area contributed by atoms with Gasteiger partial charge in [-0.15, -0.1) is 11.3 Å². The normalized spacial score (nSPS) is 19.3. The molecular weight excluding hydrogens is 540 g/mol. The zero-order chi connectivity index (χ0) is 26.5. The quantitative estimate of drug-likeness (QED) is 0.381. The van der Waals surface area contributed by atoms with Crippen LogP contribution in [0.4, 0.5) is 9.59 Å². The van der Waals surface area contributed by atoms with Crippen LogP contribution in [0, 0.1) is 0 Å². The highest BCUT2D eigenvalue weighted by molar-refractivity contribution is 9.10. The monoisotopic (exact) mass is 578 g/mol. The van der Waals surface area contributed by atoms with Gasteiger partial charge in [-0.3, -0.25) is 0 Å². The van der Waals surface area contributed by atoms with Crippen LogP contribution in [0.3, 0.4) is 0 Å². The molecule has 3 rings (SSSR count). The van der Waals surface area contributed by atoms with Crippen molar-refractivity contribution in [1.82, 2.24) is 10.2 Å². The predicted octanol–water partition coefficient (Wildman–Crippen LogP) is 7.72. The third-order valence-corrected chi connectivity index (χ3v) is 7.81. The summed E-state index contributed by atoms with van der Waals surface area (Å²) in [5, 5.41) is 5.08. The van der Waals surface area contributed by atoms with E-state index in [-0.39, 0.29) is 30.2 Å². The average molecular weight is 580 g/mol. The van der Waals surface area contributed by atoms with E-state index in [1.807, 2.05) is 64.6 Å². The van der Waals surface area contributed by atoms with E-state index in [0.29, 0.717) is 6.54 Å². The summed E-state index contributed by atoms with van der Waals surface area (Å²) in [6.45, 7) is 11.8. The van der Waals surface area contributed by atoms with Crippen molar-refractivity contribution < 1.29 is 19.1 Å². The van der Waals surface area contributed by atoms with Crippen molar-refractivity contribution in [3.63, 3.8) is 0 Å². The Bertz CT molecular complexity index is 1000. The summed E-state index contributed by atoms with van der Waals surface area (Å²) >= 11 is 5.28. The van der Waals surface area contributed by atoms with Gasteiger partial charge in [-0.1, -0.05) is 30.3 Å². The number of carbonyl (C=O) groups excluding carboxylic acids is 2. The van der Waals surface area contributed by atoms with E-state index in [2.05, 4.69) is 44.8 Å². The van der Waals surface area contributed by atoms with E-state index >= 15 is 0 Å². The number of ether oxygens (including phenoxy) is 2. The second kappa shape index (κ2) is 12.0. The molecule has 6 nitrogen and oxygen atoms in total. The molecule has 1 unspecified atom stereocenters. The second-order valence-corrected chi connectivity index (χ2v) is 13.3. The van der Waals surface area contributed by atoms with E-state index in [9.17, 15) is 9.59 Å². The highest BCUT2D eigenvalue weighted by atomic mass is 79.9. The third kappa shape index (κ3) is 8.80. The molecule has 0 bridgehead atoms. The van der Waals surface area contributed by atoms with Gasteiger partial charge >= 0.3 is 12.2 Å². The molecule has 1 aromatic heterocycles. The molecule has 198 valence electrons. The fraction of sp³-hybridized carbons (Fsp3) is 0.571. The molecule has 2 amide bonds. The van der Waals surface area contributed by atoms with Crippen LogP contribution in [-0.4, -0.2) is 46.9 Å². The lowest BCUT2D eigenvalue weighted by molar-refractivity contribution is 0.00947. The lowest BCUT2D eigenvalue weighted by atomic mass is 9.89. The summed E-state index contributed by atoms with van der Waals surface area (Å²) in [6, 6.07) is 12.5. The van der Waals surface area contributed by atoms with Crippen LogP contribution in [0.2, 0.25) is 0 Å². The molecule has 36 heavy (non-hydrogen) atoms. The summed E-state index contributed by atoms with van der Waals surface area (Å²) in [5.74, 6) is 0.0348. The van der Waals surface area contributed by atoms with Gasteiger partial charge in [0.15, 0.2) is 0 Å². The lowest BCUT2D eigenvalue weighted by Crippen LogP contribution is -2.49. The van der Waals surface area contributed by atoms with Gasteiger partial charge in [-0.05, 0) is 94.8 Å². The highest BCUT2D eigenvalue weighted by Crippen LogP contribution is 2.35. The first-order valence-corrected chi connectivity index (χ1v) is 14.3. The molecule has 0 spiro atoms. The minimum absolute atomic E-state index is 0.0335. The number of nitrogens with one attached hydrogen (secondary N) is 1. The number of nitrogens with zero attached hydrogens (tertiary/aromatic N) is 1. The molecule has 1 aliphatic carbocycles. The van der Waals surface area contributed by atoms with Crippen molar-refractivity contribution in [2.75, 3.05) is 6.54 Å². The maximum Gasteiger partial charge on any atom is 0.410 e. The molecule has 1 aliphatic rings. The Hall–Kier alpha value is -2.06. The van der Waals surface area contributed by atoms with E-state index in [1.165, 1.54) is 10.4 Å². The molecule has 1 N–H and O–H groups in total. The topological polar surface area (TPSA) is 67.9 Å². The Labute approximate surface area is 227 Å². The minimum atomic E-state index is -0.584. The average Bonchev–Trinajstić information content (AvgIpc) is 3.19. The number of hydrogen-bond acceptors (Lipinski definition) is 5. The largest absolute Gasteiger partial charge is 0.444 e. The molecule has 1 fully saturated rings. The van der Waals surface area contributed by atoms with Crippen LogP contribution in [0.1, 0.15) is 83.6 Å². The molecule has 0 aliphatic heterocycles.